The molecular weight excluding hydrogens is 204 g/mol. The predicted octanol–water partition coefficient (Wildman–Crippen LogP) is 0.933. The molecule has 1 amide bonds. The van der Waals surface area contributed by atoms with Crippen LogP contribution in [0.15, 0.2) is 18.2 Å². The lowest BCUT2D eigenvalue weighted by Gasteiger charge is -2.26. The maximum absolute atomic E-state index is 11.4. The molecule has 0 saturated carbocycles. The lowest BCUT2D eigenvalue weighted by Crippen LogP contribution is -2.35. The number of fused-ring (bicyclic) bond motifs is 1. The van der Waals surface area contributed by atoms with Gasteiger partial charge in [0.15, 0.2) is 6.61 Å². The fourth-order valence-corrected chi connectivity index (χ4v) is 1.78. The van der Waals surface area contributed by atoms with Gasteiger partial charge in [0.2, 0.25) is 0 Å². The molecule has 4 nitrogen and oxygen atoms in total. The van der Waals surface area contributed by atoms with Crippen LogP contribution in [0.25, 0.3) is 0 Å². The molecule has 1 aliphatic heterocycles. The Kier molecular flexibility index (Phi) is 3.10. The maximum atomic E-state index is 11.4. The summed E-state index contributed by atoms with van der Waals surface area (Å²) in [5.74, 6) is 0.777. The van der Waals surface area contributed by atoms with Crippen LogP contribution in [-0.4, -0.2) is 26.1 Å². The van der Waals surface area contributed by atoms with Gasteiger partial charge >= 0.3 is 0 Å². The van der Waals surface area contributed by atoms with Crippen molar-refractivity contribution >= 4 is 11.6 Å². The molecule has 1 aromatic rings. The van der Waals surface area contributed by atoms with Crippen molar-refractivity contribution < 1.29 is 9.53 Å². The first-order chi connectivity index (χ1) is 7.72. The Labute approximate surface area is 95.0 Å². The van der Waals surface area contributed by atoms with Crippen LogP contribution in [0.3, 0.4) is 0 Å². The average Bonchev–Trinajstić information content (AvgIpc) is 2.31. The largest absolute Gasteiger partial charge is 0.482 e. The monoisotopic (exact) mass is 220 g/mol. The normalized spacial score (nSPS) is 14.6. The summed E-state index contributed by atoms with van der Waals surface area (Å²) in [4.78, 5) is 13.0. The standard InChI is InChI=1S/C12H16N2O2/c1-14-10-5-4-9(3-2-6-13)7-11(10)16-8-12(14)15/h4-5,7H,2-3,6,8,13H2,1H3. The van der Waals surface area contributed by atoms with Gasteiger partial charge in [0.25, 0.3) is 5.91 Å². The number of carbonyl (C=O) groups is 1. The van der Waals surface area contributed by atoms with E-state index >= 15 is 0 Å². The van der Waals surface area contributed by atoms with E-state index < -0.39 is 0 Å². The zero-order chi connectivity index (χ0) is 11.5. The second kappa shape index (κ2) is 4.53. The first-order valence-corrected chi connectivity index (χ1v) is 5.44. The molecule has 16 heavy (non-hydrogen) atoms. The highest BCUT2D eigenvalue weighted by atomic mass is 16.5. The summed E-state index contributed by atoms with van der Waals surface area (Å²) in [5, 5.41) is 0. The Morgan fingerprint density at radius 1 is 1.50 bits per heavy atom. The number of aryl methyl sites for hydroxylation is 1. The molecule has 0 aromatic heterocycles. The summed E-state index contributed by atoms with van der Waals surface area (Å²) in [6.07, 6.45) is 1.92. The van der Waals surface area contributed by atoms with Crippen LogP contribution in [0, 0.1) is 0 Å². The van der Waals surface area contributed by atoms with Crippen molar-refractivity contribution in [2.75, 3.05) is 25.1 Å². The van der Waals surface area contributed by atoms with Crippen molar-refractivity contribution in [3.63, 3.8) is 0 Å². The molecule has 1 heterocycles. The molecule has 4 heteroatoms. The fraction of sp³-hybridized carbons (Fsp3) is 0.417. The van der Waals surface area contributed by atoms with Gasteiger partial charge in [-0.05, 0) is 37.1 Å². The minimum absolute atomic E-state index is 0.0118. The quantitative estimate of drug-likeness (QED) is 0.824. The summed E-state index contributed by atoms with van der Waals surface area (Å²) in [6.45, 7) is 0.820. The first-order valence-electron chi connectivity index (χ1n) is 5.44. The number of anilines is 1. The van der Waals surface area contributed by atoms with Gasteiger partial charge in [-0.2, -0.15) is 0 Å². The van der Waals surface area contributed by atoms with Gasteiger partial charge in [0.05, 0.1) is 5.69 Å². The third-order valence-corrected chi connectivity index (χ3v) is 2.78. The third-order valence-electron chi connectivity index (χ3n) is 2.78. The van der Waals surface area contributed by atoms with Crippen LogP contribution in [0.5, 0.6) is 5.75 Å². The van der Waals surface area contributed by atoms with Crippen LogP contribution in [0.1, 0.15) is 12.0 Å². The molecule has 0 atom stereocenters. The van der Waals surface area contributed by atoms with Crippen molar-refractivity contribution in [2.45, 2.75) is 12.8 Å². The molecule has 0 saturated heterocycles. The number of rotatable bonds is 3. The van der Waals surface area contributed by atoms with Crippen molar-refractivity contribution in [3.05, 3.63) is 23.8 Å². The molecule has 2 N–H and O–H groups in total. The van der Waals surface area contributed by atoms with Crippen LogP contribution < -0.4 is 15.4 Å². The van der Waals surface area contributed by atoms with Gasteiger partial charge in [-0.15, -0.1) is 0 Å². The van der Waals surface area contributed by atoms with Crippen molar-refractivity contribution in [2.24, 2.45) is 5.73 Å². The van der Waals surface area contributed by atoms with Gasteiger partial charge in [-0.25, -0.2) is 0 Å². The van der Waals surface area contributed by atoms with Crippen LogP contribution >= 0.6 is 0 Å². The Balaban J connectivity index is 2.23. The lowest BCUT2D eigenvalue weighted by atomic mass is 10.1. The van der Waals surface area contributed by atoms with E-state index in [0.29, 0.717) is 6.54 Å². The molecule has 0 unspecified atom stereocenters. The number of hydrogen-bond donors (Lipinski definition) is 1. The lowest BCUT2D eigenvalue weighted by molar-refractivity contribution is -0.120. The Bertz CT molecular complexity index is 404. The van der Waals surface area contributed by atoms with E-state index in [0.717, 1.165) is 24.3 Å². The molecular formula is C12H16N2O2. The molecule has 0 aliphatic carbocycles. The summed E-state index contributed by atoms with van der Waals surface area (Å²) < 4.78 is 5.40. The second-order valence-electron chi connectivity index (χ2n) is 3.94. The summed E-state index contributed by atoms with van der Waals surface area (Å²) >= 11 is 0. The molecule has 1 aliphatic rings. The van der Waals surface area contributed by atoms with Gasteiger partial charge in [0.1, 0.15) is 5.75 Å². The van der Waals surface area contributed by atoms with E-state index in [1.54, 1.807) is 11.9 Å². The maximum Gasteiger partial charge on any atom is 0.264 e. The highest BCUT2D eigenvalue weighted by Crippen LogP contribution is 2.32. The average molecular weight is 220 g/mol. The Hall–Kier alpha value is -1.55. The zero-order valence-corrected chi connectivity index (χ0v) is 9.40. The number of nitrogens with two attached hydrogens (primary N) is 1. The zero-order valence-electron chi connectivity index (χ0n) is 9.40. The first kappa shape index (κ1) is 11.0. The predicted molar refractivity (Wildman–Crippen MR) is 62.7 cm³/mol. The summed E-state index contributed by atoms with van der Waals surface area (Å²) in [5.41, 5.74) is 7.51. The molecule has 0 bridgehead atoms. The molecule has 0 fully saturated rings. The van der Waals surface area contributed by atoms with E-state index in [1.165, 1.54) is 5.56 Å². The number of hydrogen-bond acceptors (Lipinski definition) is 3. The van der Waals surface area contributed by atoms with Crippen LogP contribution in [0.4, 0.5) is 5.69 Å². The minimum atomic E-state index is -0.0118. The number of amides is 1. The van der Waals surface area contributed by atoms with E-state index in [1.807, 2.05) is 18.2 Å². The van der Waals surface area contributed by atoms with Gasteiger partial charge in [-0.3, -0.25) is 4.79 Å². The Morgan fingerprint density at radius 3 is 3.06 bits per heavy atom. The molecule has 2 rings (SSSR count). The number of carbonyl (C=O) groups excluding carboxylic acids is 1. The topological polar surface area (TPSA) is 55.6 Å². The molecule has 0 spiro atoms. The summed E-state index contributed by atoms with van der Waals surface area (Å²) in [7, 11) is 1.77. The summed E-state index contributed by atoms with van der Waals surface area (Å²) in [6, 6.07) is 5.94. The smallest absolute Gasteiger partial charge is 0.264 e. The van der Waals surface area contributed by atoms with Crippen LogP contribution in [-0.2, 0) is 11.2 Å². The highest BCUT2D eigenvalue weighted by molar-refractivity contribution is 5.97. The Morgan fingerprint density at radius 2 is 2.31 bits per heavy atom. The number of nitrogens with zero attached hydrogens (tertiary/aromatic N) is 1. The number of ether oxygens (including phenoxy) is 1. The third kappa shape index (κ3) is 2.02. The van der Waals surface area contributed by atoms with Crippen molar-refractivity contribution in [1.29, 1.82) is 0 Å². The molecule has 1 aromatic carbocycles. The minimum Gasteiger partial charge on any atom is -0.482 e. The van der Waals surface area contributed by atoms with E-state index in [9.17, 15) is 4.79 Å². The molecule has 86 valence electrons. The van der Waals surface area contributed by atoms with E-state index in [2.05, 4.69) is 0 Å². The van der Waals surface area contributed by atoms with Crippen molar-refractivity contribution in [1.82, 2.24) is 0 Å². The number of benzene rings is 1. The SMILES string of the molecule is CN1C(=O)COc2cc(CCCN)ccc21. The second-order valence-corrected chi connectivity index (χ2v) is 3.94. The fourth-order valence-electron chi connectivity index (χ4n) is 1.78. The van der Waals surface area contributed by atoms with Gasteiger partial charge in [-0.1, -0.05) is 6.07 Å². The molecule has 0 radical (unpaired) electrons. The van der Waals surface area contributed by atoms with E-state index in [4.69, 9.17) is 10.5 Å². The van der Waals surface area contributed by atoms with Crippen molar-refractivity contribution in [3.8, 4) is 5.75 Å². The number of likely N-dealkylation sites (N-methyl/N-ethyl adjacent to an activating group) is 1. The van der Waals surface area contributed by atoms with Gasteiger partial charge in [0, 0.05) is 7.05 Å². The highest BCUT2D eigenvalue weighted by Gasteiger charge is 2.21. The van der Waals surface area contributed by atoms with Gasteiger partial charge < -0.3 is 15.4 Å². The van der Waals surface area contributed by atoms with E-state index in [-0.39, 0.29) is 12.5 Å². The van der Waals surface area contributed by atoms with Crippen LogP contribution in [0.2, 0.25) is 0 Å².